The van der Waals surface area contributed by atoms with Crippen LogP contribution >= 0.6 is 11.6 Å². The summed E-state index contributed by atoms with van der Waals surface area (Å²) in [5.74, 6) is -0.224. The van der Waals surface area contributed by atoms with Crippen molar-refractivity contribution in [2.24, 2.45) is 0 Å². The van der Waals surface area contributed by atoms with E-state index in [1.54, 1.807) is 6.07 Å². The monoisotopic (exact) mass is 313 g/mol. The van der Waals surface area contributed by atoms with Gasteiger partial charge in [-0.3, -0.25) is 4.90 Å². The Hall–Kier alpha value is -0.680. The third kappa shape index (κ3) is 4.16. The van der Waals surface area contributed by atoms with Crippen molar-refractivity contribution in [1.29, 1.82) is 0 Å². The normalized spacial score (nSPS) is 22.4. The molecular weight excluding hydrogens is 289 g/mol. The highest BCUT2D eigenvalue weighted by molar-refractivity contribution is 6.30. The maximum Gasteiger partial charge on any atom is 0.129 e. The molecule has 2 rings (SSSR count). The third-order valence-corrected chi connectivity index (χ3v) is 4.43. The van der Waals surface area contributed by atoms with E-state index in [-0.39, 0.29) is 17.9 Å². The molecule has 1 aliphatic heterocycles. The minimum Gasteiger partial charge on any atom is -0.309 e. The maximum atomic E-state index is 14.4. The van der Waals surface area contributed by atoms with Gasteiger partial charge in [0.15, 0.2) is 0 Å². The van der Waals surface area contributed by atoms with Crippen LogP contribution in [0.5, 0.6) is 0 Å². The minimum absolute atomic E-state index is 0.0185. The zero-order valence-electron chi connectivity index (χ0n) is 13.1. The molecule has 1 aromatic rings. The van der Waals surface area contributed by atoms with Gasteiger partial charge in [0.25, 0.3) is 0 Å². The average molecular weight is 314 g/mol. The lowest BCUT2D eigenvalue weighted by molar-refractivity contribution is 0.0866. The number of likely N-dealkylation sites (N-methyl/N-ethyl adjacent to an activating group) is 2. The van der Waals surface area contributed by atoms with Crippen LogP contribution in [0, 0.1) is 5.82 Å². The first-order valence-electron chi connectivity index (χ1n) is 7.60. The van der Waals surface area contributed by atoms with E-state index in [4.69, 9.17) is 11.6 Å². The highest BCUT2D eigenvalue weighted by atomic mass is 35.5. The molecule has 0 spiro atoms. The van der Waals surface area contributed by atoms with Gasteiger partial charge in [0.2, 0.25) is 0 Å². The molecule has 5 heteroatoms. The summed E-state index contributed by atoms with van der Waals surface area (Å²) in [7, 11) is 4.24. The van der Waals surface area contributed by atoms with E-state index in [0.29, 0.717) is 10.6 Å². The van der Waals surface area contributed by atoms with Gasteiger partial charge in [-0.1, -0.05) is 24.6 Å². The van der Waals surface area contributed by atoms with Crippen molar-refractivity contribution in [1.82, 2.24) is 15.1 Å². The number of nitrogens with zero attached hydrogens (tertiary/aromatic N) is 2. The van der Waals surface area contributed by atoms with Crippen LogP contribution in [0.15, 0.2) is 18.2 Å². The first kappa shape index (κ1) is 16.7. The molecule has 0 aromatic heterocycles. The van der Waals surface area contributed by atoms with Crippen LogP contribution in [-0.2, 0) is 0 Å². The summed E-state index contributed by atoms with van der Waals surface area (Å²) in [4.78, 5) is 4.63. The summed E-state index contributed by atoms with van der Waals surface area (Å²) in [6, 6.07) is 5.23. The lowest BCUT2D eigenvalue weighted by atomic mass is 9.95. The zero-order valence-corrected chi connectivity index (χ0v) is 13.8. The van der Waals surface area contributed by atoms with Crippen molar-refractivity contribution in [2.45, 2.75) is 25.4 Å². The van der Waals surface area contributed by atoms with Gasteiger partial charge in [-0.15, -0.1) is 0 Å². The largest absolute Gasteiger partial charge is 0.309 e. The topological polar surface area (TPSA) is 18.5 Å². The van der Waals surface area contributed by atoms with Crippen molar-refractivity contribution in [3.8, 4) is 0 Å². The maximum absolute atomic E-state index is 14.4. The van der Waals surface area contributed by atoms with Gasteiger partial charge in [-0.2, -0.15) is 0 Å². The van der Waals surface area contributed by atoms with Crippen molar-refractivity contribution in [2.75, 3.05) is 40.3 Å². The van der Waals surface area contributed by atoms with Gasteiger partial charge in [0, 0.05) is 36.3 Å². The van der Waals surface area contributed by atoms with E-state index in [2.05, 4.69) is 36.1 Å². The fraction of sp³-hybridized carbons (Fsp3) is 0.625. The van der Waals surface area contributed by atoms with Crippen LogP contribution in [0.25, 0.3) is 0 Å². The molecule has 118 valence electrons. The summed E-state index contributed by atoms with van der Waals surface area (Å²) < 4.78 is 14.4. The lowest BCUT2D eigenvalue weighted by Gasteiger charge is -2.42. The molecule has 0 aliphatic carbocycles. The van der Waals surface area contributed by atoms with Crippen LogP contribution in [0.1, 0.15) is 24.9 Å². The van der Waals surface area contributed by atoms with E-state index in [1.165, 1.54) is 6.07 Å². The second-order valence-corrected chi connectivity index (χ2v) is 6.34. The first-order valence-corrected chi connectivity index (χ1v) is 7.97. The van der Waals surface area contributed by atoms with Crippen molar-refractivity contribution in [3.05, 3.63) is 34.6 Å². The van der Waals surface area contributed by atoms with Crippen molar-refractivity contribution >= 4 is 11.6 Å². The molecule has 1 N–H and O–H groups in total. The Kier molecular flexibility index (Phi) is 5.99. The highest BCUT2D eigenvalue weighted by Crippen LogP contribution is 2.27. The second kappa shape index (κ2) is 7.54. The van der Waals surface area contributed by atoms with E-state index in [0.717, 1.165) is 32.6 Å². The van der Waals surface area contributed by atoms with Gasteiger partial charge in [-0.05, 0) is 39.2 Å². The van der Waals surface area contributed by atoms with Gasteiger partial charge < -0.3 is 10.2 Å². The molecule has 1 saturated heterocycles. The van der Waals surface area contributed by atoms with E-state index < -0.39 is 0 Å². The predicted molar refractivity (Wildman–Crippen MR) is 86.4 cm³/mol. The molecule has 0 bridgehead atoms. The molecule has 0 saturated carbocycles. The van der Waals surface area contributed by atoms with Crippen LogP contribution < -0.4 is 5.32 Å². The summed E-state index contributed by atoms with van der Waals surface area (Å²) in [5, 5.41) is 3.96. The van der Waals surface area contributed by atoms with Crippen molar-refractivity contribution < 1.29 is 4.39 Å². The minimum atomic E-state index is -0.224. The fourth-order valence-electron chi connectivity index (χ4n) is 2.91. The number of hydrogen-bond donors (Lipinski definition) is 1. The fourth-order valence-corrected chi connectivity index (χ4v) is 3.07. The molecule has 1 aromatic carbocycles. The average Bonchev–Trinajstić information content (AvgIpc) is 2.44. The Morgan fingerprint density at radius 3 is 2.81 bits per heavy atom. The summed E-state index contributed by atoms with van der Waals surface area (Å²) >= 11 is 5.88. The number of rotatable bonds is 5. The molecule has 0 radical (unpaired) electrons. The van der Waals surface area contributed by atoms with Crippen LogP contribution in [0.2, 0.25) is 5.02 Å². The lowest BCUT2D eigenvalue weighted by Crippen LogP contribution is -2.55. The molecule has 1 fully saturated rings. The number of piperazine rings is 1. The Labute approximate surface area is 132 Å². The van der Waals surface area contributed by atoms with E-state index in [1.807, 2.05) is 6.07 Å². The molecule has 21 heavy (non-hydrogen) atoms. The predicted octanol–water partition coefficient (Wildman–Crippen LogP) is 2.77. The van der Waals surface area contributed by atoms with E-state index in [9.17, 15) is 4.39 Å². The number of hydrogen-bond acceptors (Lipinski definition) is 3. The molecule has 0 amide bonds. The zero-order chi connectivity index (χ0) is 15.4. The van der Waals surface area contributed by atoms with Crippen LogP contribution in [-0.4, -0.2) is 56.1 Å². The Balaban J connectivity index is 2.28. The summed E-state index contributed by atoms with van der Waals surface area (Å²) in [6.07, 6.45) is 1.03. The number of benzene rings is 1. The smallest absolute Gasteiger partial charge is 0.129 e. The molecule has 1 aliphatic rings. The third-order valence-electron chi connectivity index (χ3n) is 4.20. The van der Waals surface area contributed by atoms with Gasteiger partial charge >= 0.3 is 0 Å². The van der Waals surface area contributed by atoms with Crippen LogP contribution in [0.3, 0.4) is 0 Å². The SMILES string of the molecule is CCCNC(c1ccc(Cl)cc1F)C1CN(C)CCN1C. The van der Waals surface area contributed by atoms with Crippen LogP contribution in [0.4, 0.5) is 4.39 Å². The Morgan fingerprint density at radius 1 is 1.38 bits per heavy atom. The molecule has 2 atom stereocenters. The quantitative estimate of drug-likeness (QED) is 0.902. The molecule has 3 nitrogen and oxygen atoms in total. The first-order chi connectivity index (χ1) is 10.0. The van der Waals surface area contributed by atoms with Crippen molar-refractivity contribution in [3.63, 3.8) is 0 Å². The Morgan fingerprint density at radius 2 is 2.14 bits per heavy atom. The molecular formula is C16H25ClFN3. The van der Waals surface area contributed by atoms with E-state index >= 15 is 0 Å². The van der Waals surface area contributed by atoms with Gasteiger partial charge in [0.05, 0.1) is 6.04 Å². The standard InChI is InChI=1S/C16H25ClFN3/c1-4-7-19-16(13-6-5-12(17)10-14(13)18)15-11-20(2)8-9-21(15)3/h5-6,10,15-16,19H,4,7-9,11H2,1-3H3. The molecule has 2 unspecified atom stereocenters. The van der Waals surface area contributed by atoms with Gasteiger partial charge in [0.1, 0.15) is 5.82 Å². The Bertz CT molecular complexity index is 469. The number of nitrogens with one attached hydrogen (secondary N) is 1. The second-order valence-electron chi connectivity index (χ2n) is 5.91. The van der Waals surface area contributed by atoms with Gasteiger partial charge in [-0.25, -0.2) is 4.39 Å². The molecule has 1 heterocycles. The highest BCUT2D eigenvalue weighted by Gasteiger charge is 2.31. The summed E-state index contributed by atoms with van der Waals surface area (Å²) in [5.41, 5.74) is 0.708. The number of halogens is 2. The summed E-state index contributed by atoms with van der Waals surface area (Å²) in [6.45, 7) is 5.98.